The zero-order chi connectivity index (χ0) is 10.7. The molecule has 0 spiro atoms. The standard InChI is InChI=1S/C13H26N2/c1-15(10-12-6-7-12)13(11-14)8-4-2-3-5-9-13/h12H,2-11,14H2,1H3. The van der Waals surface area contributed by atoms with E-state index in [1.807, 2.05) is 0 Å². The van der Waals surface area contributed by atoms with E-state index in [4.69, 9.17) is 5.73 Å². The second-order valence-electron chi connectivity index (χ2n) is 5.67. The molecule has 2 aliphatic carbocycles. The van der Waals surface area contributed by atoms with Gasteiger partial charge in [-0.15, -0.1) is 0 Å². The fraction of sp³-hybridized carbons (Fsp3) is 1.00. The molecule has 0 amide bonds. The highest BCUT2D eigenvalue weighted by Crippen LogP contribution is 2.35. The molecule has 0 bridgehead atoms. The molecule has 0 unspecified atom stereocenters. The van der Waals surface area contributed by atoms with E-state index in [2.05, 4.69) is 11.9 Å². The highest BCUT2D eigenvalue weighted by Gasteiger charge is 2.36. The highest BCUT2D eigenvalue weighted by molar-refractivity contribution is 4.93. The summed E-state index contributed by atoms with van der Waals surface area (Å²) in [7, 11) is 2.30. The second-order valence-corrected chi connectivity index (χ2v) is 5.67. The van der Waals surface area contributed by atoms with Crippen molar-refractivity contribution >= 4 is 0 Å². The molecule has 0 aliphatic heterocycles. The first-order chi connectivity index (χ1) is 7.27. The van der Waals surface area contributed by atoms with Crippen molar-refractivity contribution in [2.75, 3.05) is 20.1 Å². The lowest BCUT2D eigenvalue weighted by Gasteiger charge is -2.41. The van der Waals surface area contributed by atoms with Crippen LogP contribution in [0.5, 0.6) is 0 Å². The van der Waals surface area contributed by atoms with E-state index in [0.717, 1.165) is 12.5 Å². The molecular weight excluding hydrogens is 184 g/mol. The fourth-order valence-corrected chi connectivity index (χ4v) is 3.01. The summed E-state index contributed by atoms with van der Waals surface area (Å²) in [6, 6.07) is 0. The molecule has 0 aromatic heterocycles. The highest BCUT2D eigenvalue weighted by atomic mass is 15.2. The molecule has 2 nitrogen and oxygen atoms in total. The Bertz CT molecular complexity index is 191. The number of rotatable bonds is 4. The van der Waals surface area contributed by atoms with Gasteiger partial charge in [-0.25, -0.2) is 0 Å². The van der Waals surface area contributed by atoms with Gasteiger partial charge in [-0.05, 0) is 38.6 Å². The van der Waals surface area contributed by atoms with Gasteiger partial charge in [0.15, 0.2) is 0 Å². The van der Waals surface area contributed by atoms with Gasteiger partial charge in [0, 0.05) is 18.6 Å². The summed E-state index contributed by atoms with van der Waals surface area (Å²) < 4.78 is 0. The molecule has 2 saturated carbocycles. The topological polar surface area (TPSA) is 29.3 Å². The van der Waals surface area contributed by atoms with Crippen LogP contribution in [0.25, 0.3) is 0 Å². The molecule has 0 aromatic rings. The van der Waals surface area contributed by atoms with Crippen molar-refractivity contribution in [3.05, 3.63) is 0 Å². The summed E-state index contributed by atoms with van der Waals surface area (Å²) in [5.74, 6) is 0.988. The van der Waals surface area contributed by atoms with Gasteiger partial charge in [-0.2, -0.15) is 0 Å². The Balaban J connectivity index is 1.96. The van der Waals surface area contributed by atoms with Gasteiger partial charge in [0.1, 0.15) is 0 Å². The molecule has 2 N–H and O–H groups in total. The van der Waals surface area contributed by atoms with Crippen LogP contribution in [0.3, 0.4) is 0 Å². The molecule has 0 aromatic carbocycles. The molecule has 0 heterocycles. The monoisotopic (exact) mass is 210 g/mol. The Kier molecular flexibility index (Phi) is 3.68. The van der Waals surface area contributed by atoms with Crippen LogP contribution in [-0.2, 0) is 0 Å². The summed E-state index contributed by atoms with van der Waals surface area (Å²) in [6.45, 7) is 2.15. The van der Waals surface area contributed by atoms with Crippen LogP contribution in [0.4, 0.5) is 0 Å². The van der Waals surface area contributed by atoms with E-state index in [0.29, 0.717) is 5.54 Å². The third-order valence-corrected chi connectivity index (χ3v) is 4.45. The molecule has 0 radical (unpaired) electrons. The van der Waals surface area contributed by atoms with Crippen LogP contribution >= 0.6 is 0 Å². The van der Waals surface area contributed by atoms with Crippen molar-refractivity contribution in [2.45, 2.75) is 56.9 Å². The molecule has 15 heavy (non-hydrogen) atoms. The zero-order valence-electron chi connectivity index (χ0n) is 10.2. The summed E-state index contributed by atoms with van der Waals surface area (Å²) in [5, 5.41) is 0. The second kappa shape index (κ2) is 4.84. The lowest BCUT2D eigenvalue weighted by molar-refractivity contribution is 0.102. The van der Waals surface area contributed by atoms with Gasteiger partial charge in [0.05, 0.1) is 0 Å². The number of hydrogen-bond donors (Lipinski definition) is 1. The van der Waals surface area contributed by atoms with Gasteiger partial charge < -0.3 is 5.73 Å². The molecule has 2 fully saturated rings. The Hall–Kier alpha value is -0.0800. The van der Waals surface area contributed by atoms with Crippen LogP contribution < -0.4 is 5.73 Å². The first-order valence-corrected chi connectivity index (χ1v) is 6.68. The van der Waals surface area contributed by atoms with Crippen molar-refractivity contribution in [2.24, 2.45) is 11.7 Å². The van der Waals surface area contributed by atoms with Crippen LogP contribution in [-0.4, -0.2) is 30.6 Å². The predicted molar refractivity (Wildman–Crippen MR) is 64.8 cm³/mol. The predicted octanol–water partition coefficient (Wildman–Crippen LogP) is 2.38. The lowest BCUT2D eigenvalue weighted by atomic mass is 9.88. The van der Waals surface area contributed by atoms with Gasteiger partial charge in [-0.1, -0.05) is 25.7 Å². The lowest BCUT2D eigenvalue weighted by Crippen LogP contribution is -2.52. The third kappa shape index (κ3) is 2.73. The minimum atomic E-state index is 0.346. The minimum Gasteiger partial charge on any atom is -0.329 e. The fourth-order valence-electron chi connectivity index (χ4n) is 3.01. The normalized spacial score (nSPS) is 26.6. The van der Waals surface area contributed by atoms with E-state index >= 15 is 0 Å². The first kappa shape index (κ1) is 11.4. The quantitative estimate of drug-likeness (QED) is 0.722. The Morgan fingerprint density at radius 3 is 2.20 bits per heavy atom. The van der Waals surface area contributed by atoms with Gasteiger partial charge in [0.25, 0.3) is 0 Å². The Morgan fingerprint density at radius 2 is 1.73 bits per heavy atom. The van der Waals surface area contributed by atoms with E-state index in [1.165, 1.54) is 57.9 Å². The van der Waals surface area contributed by atoms with Crippen molar-refractivity contribution in [1.29, 1.82) is 0 Å². The SMILES string of the molecule is CN(CC1CC1)C1(CN)CCCCCC1. The number of likely N-dealkylation sites (N-methyl/N-ethyl adjacent to an activating group) is 1. The zero-order valence-corrected chi connectivity index (χ0v) is 10.2. The molecular formula is C13H26N2. The molecule has 0 atom stereocenters. The van der Waals surface area contributed by atoms with Gasteiger partial charge in [-0.3, -0.25) is 4.90 Å². The third-order valence-electron chi connectivity index (χ3n) is 4.45. The molecule has 88 valence electrons. The first-order valence-electron chi connectivity index (χ1n) is 6.68. The van der Waals surface area contributed by atoms with Crippen LogP contribution in [0, 0.1) is 5.92 Å². The summed E-state index contributed by atoms with van der Waals surface area (Å²) in [6.07, 6.45) is 11.1. The maximum absolute atomic E-state index is 6.06. The number of nitrogens with zero attached hydrogens (tertiary/aromatic N) is 1. The Labute approximate surface area is 94.2 Å². The van der Waals surface area contributed by atoms with E-state index in [-0.39, 0.29) is 0 Å². The summed E-state index contributed by atoms with van der Waals surface area (Å²) in [5.41, 5.74) is 6.41. The maximum Gasteiger partial charge on any atom is 0.0328 e. The summed E-state index contributed by atoms with van der Waals surface area (Å²) >= 11 is 0. The van der Waals surface area contributed by atoms with Crippen LogP contribution in [0.2, 0.25) is 0 Å². The van der Waals surface area contributed by atoms with Crippen molar-refractivity contribution in [1.82, 2.24) is 4.90 Å². The van der Waals surface area contributed by atoms with E-state index < -0.39 is 0 Å². The van der Waals surface area contributed by atoms with Crippen molar-refractivity contribution in [3.8, 4) is 0 Å². The number of hydrogen-bond acceptors (Lipinski definition) is 2. The van der Waals surface area contributed by atoms with E-state index in [1.54, 1.807) is 0 Å². The maximum atomic E-state index is 6.06. The van der Waals surface area contributed by atoms with Gasteiger partial charge in [0.2, 0.25) is 0 Å². The van der Waals surface area contributed by atoms with Crippen molar-refractivity contribution < 1.29 is 0 Å². The molecule has 2 rings (SSSR count). The average molecular weight is 210 g/mol. The molecule has 2 heteroatoms. The van der Waals surface area contributed by atoms with Crippen molar-refractivity contribution in [3.63, 3.8) is 0 Å². The number of nitrogens with two attached hydrogens (primary N) is 1. The van der Waals surface area contributed by atoms with E-state index in [9.17, 15) is 0 Å². The van der Waals surface area contributed by atoms with Crippen LogP contribution in [0.15, 0.2) is 0 Å². The Morgan fingerprint density at radius 1 is 1.13 bits per heavy atom. The minimum absolute atomic E-state index is 0.346. The van der Waals surface area contributed by atoms with Gasteiger partial charge >= 0.3 is 0 Å². The largest absolute Gasteiger partial charge is 0.329 e. The van der Waals surface area contributed by atoms with Crippen LogP contribution in [0.1, 0.15) is 51.4 Å². The average Bonchev–Trinajstić information content (AvgIpc) is 3.03. The molecule has 2 aliphatic rings. The molecule has 0 saturated heterocycles. The smallest absolute Gasteiger partial charge is 0.0328 e. The summed E-state index contributed by atoms with van der Waals surface area (Å²) in [4.78, 5) is 2.59.